The van der Waals surface area contributed by atoms with Gasteiger partial charge in [0.1, 0.15) is 22.8 Å². The minimum atomic E-state index is -2.93. The van der Waals surface area contributed by atoms with E-state index in [1.807, 2.05) is 0 Å². The lowest BCUT2D eigenvalue weighted by atomic mass is 10.1. The Morgan fingerprint density at radius 1 is 1.14 bits per heavy atom. The third-order valence-electron chi connectivity index (χ3n) is 5.40. The summed E-state index contributed by atoms with van der Waals surface area (Å²) >= 11 is 0. The van der Waals surface area contributed by atoms with Crippen LogP contribution >= 0.6 is 0 Å². The van der Waals surface area contributed by atoms with E-state index in [1.54, 1.807) is 19.2 Å². The highest BCUT2D eigenvalue weighted by Gasteiger charge is 2.24. The van der Waals surface area contributed by atoms with Gasteiger partial charge in [-0.2, -0.15) is 10.2 Å². The molecule has 0 aliphatic rings. The Bertz CT molecular complexity index is 1590. The molecule has 10 nitrogen and oxygen atoms in total. The molecule has 0 aliphatic carbocycles. The van der Waals surface area contributed by atoms with Crippen molar-refractivity contribution in [2.24, 2.45) is 7.05 Å². The summed E-state index contributed by atoms with van der Waals surface area (Å²) in [6.45, 7) is 0.107. The molecule has 4 heterocycles. The fraction of sp³-hybridized carbons (Fsp3) is 0.125. The van der Waals surface area contributed by atoms with Crippen LogP contribution in [0.2, 0.25) is 0 Å². The Hall–Kier alpha value is -4.94. The van der Waals surface area contributed by atoms with Gasteiger partial charge in [0.25, 0.3) is 18.2 Å². The van der Waals surface area contributed by atoms with Crippen LogP contribution in [-0.4, -0.2) is 36.2 Å². The number of aryl methyl sites for hydroxylation is 1. The van der Waals surface area contributed by atoms with Gasteiger partial charge in [0.15, 0.2) is 11.3 Å². The van der Waals surface area contributed by atoms with E-state index in [0.717, 1.165) is 16.8 Å². The largest absolute Gasteiger partial charge is 0.467 e. The van der Waals surface area contributed by atoms with E-state index in [-0.39, 0.29) is 34.8 Å². The standard InChI is InChI=1S/C24H18F3N7O3/c1-33-12-18(20(32-33)24(36)28-10-15-3-2-8-37-15)31-23(35)16-11-29-34-19(21(26)27)9-17(30-22(16)34)13-4-6-14(25)7-5-13/h2-9,11-12,21H,10H2,1H3,(H,28,36)(H,31,35). The van der Waals surface area contributed by atoms with Crippen molar-refractivity contribution >= 4 is 23.1 Å². The van der Waals surface area contributed by atoms with Gasteiger partial charge in [0.05, 0.1) is 30.4 Å². The molecule has 2 amide bonds. The molecule has 0 radical (unpaired) electrons. The van der Waals surface area contributed by atoms with E-state index in [0.29, 0.717) is 11.3 Å². The van der Waals surface area contributed by atoms with Crippen LogP contribution in [0.4, 0.5) is 18.9 Å². The molecule has 2 N–H and O–H groups in total. The van der Waals surface area contributed by atoms with Gasteiger partial charge in [-0.15, -0.1) is 0 Å². The number of aromatic nitrogens is 5. The molecule has 13 heteroatoms. The first-order valence-corrected chi connectivity index (χ1v) is 10.9. The summed E-state index contributed by atoms with van der Waals surface area (Å²) in [4.78, 5) is 30.2. The fourth-order valence-electron chi connectivity index (χ4n) is 3.67. The number of halogens is 3. The van der Waals surface area contributed by atoms with Crippen LogP contribution in [0.25, 0.3) is 16.9 Å². The molecule has 0 spiro atoms. The molecule has 0 atom stereocenters. The van der Waals surface area contributed by atoms with Gasteiger partial charge in [-0.3, -0.25) is 14.3 Å². The summed E-state index contributed by atoms with van der Waals surface area (Å²) in [5, 5.41) is 13.2. The first-order valence-electron chi connectivity index (χ1n) is 10.9. The van der Waals surface area contributed by atoms with Gasteiger partial charge in [-0.1, -0.05) is 0 Å². The number of carbonyl (C=O) groups is 2. The van der Waals surface area contributed by atoms with Gasteiger partial charge < -0.3 is 15.1 Å². The number of nitrogens with zero attached hydrogens (tertiary/aromatic N) is 5. The molecular formula is C24H18F3N7O3. The van der Waals surface area contributed by atoms with Crippen molar-refractivity contribution in [1.82, 2.24) is 29.7 Å². The van der Waals surface area contributed by atoms with E-state index >= 15 is 0 Å². The monoisotopic (exact) mass is 509 g/mol. The van der Waals surface area contributed by atoms with Crippen molar-refractivity contribution in [1.29, 1.82) is 0 Å². The molecule has 5 rings (SSSR count). The average Bonchev–Trinajstić information content (AvgIpc) is 3.62. The summed E-state index contributed by atoms with van der Waals surface area (Å²) in [7, 11) is 1.57. The zero-order valence-electron chi connectivity index (χ0n) is 19.2. The molecule has 0 aliphatic heterocycles. The van der Waals surface area contributed by atoms with Crippen LogP contribution in [0.5, 0.6) is 0 Å². The number of benzene rings is 1. The maximum atomic E-state index is 13.8. The Labute approximate surface area is 206 Å². The average molecular weight is 509 g/mol. The van der Waals surface area contributed by atoms with Crippen molar-refractivity contribution in [3.05, 3.63) is 89.7 Å². The Morgan fingerprint density at radius 2 is 1.92 bits per heavy atom. The molecule has 0 unspecified atom stereocenters. The van der Waals surface area contributed by atoms with Gasteiger partial charge >= 0.3 is 0 Å². The van der Waals surface area contributed by atoms with Gasteiger partial charge in [0.2, 0.25) is 0 Å². The third kappa shape index (κ3) is 4.78. The quantitative estimate of drug-likeness (QED) is 0.343. The maximum absolute atomic E-state index is 13.8. The first kappa shape index (κ1) is 23.8. The third-order valence-corrected chi connectivity index (χ3v) is 5.40. The van der Waals surface area contributed by atoms with E-state index in [1.165, 1.54) is 41.4 Å². The van der Waals surface area contributed by atoms with E-state index in [9.17, 15) is 22.8 Å². The number of hydrogen-bond donors (Lipinski definition) is 2. The van der Waals surface area contributed by atoms with E-state index < -0.39 is 29.8 Å². The molecular weight excluding hydrogens is 491 g/mol. The van der Waals surface area contributed by atoms with Crippen LogP contribution in [0.3, 0.4) is 0 Å². The van der Waals surface area contributed by atoms with Gasteiger partial charge in [0, 0.05) is 18.8 Å². The summed E-state index contributed by atoms with van der Waals surface area (Å²) in [6.07, 6.45) is 1.07. The van der Waals surface area contributed by atoms with Crippen LogP contribution in [-0.2, 0) is 13.6 Å². The molecule has 0 bridgehead atoms. The van der Waals surface area contributed by atoms with Crippen molar-refractivity contribution in [3.63, 3.8) is 0 Å². The number of rotatable bonds is 7. The smallest absolute Gasteiger partial charge is 0.280 e. The highest BCUT2D eigenvalue weighted by molar-refractivity contribution is 6.11. The second-order valence-electron chi connectivity index (χ2n) is 7.95. The van der Waals surface area contributed by atoms with Crippen LogP contribution in [0, 0.1) is 5.82 Å². The highest BCUT2D eigenvalue weighted by Crippen LogP contribution is 2.27. The lowest BCUT2D eigenvalue weighted by molar-refractivity contribution is 0.0943. The normalized spacial score (nSPS) is 11.3. The molecule has 37 heavy (non-hydrogen) atoms. The highest BCUT2D eigenvalue weighted by atomic mass is 19.3. The number of alkyl halides is 2. The topological polar surface area (TPSA) is 119 Å². The number of fused-ring (bicyclic) bond motifs is 1. The predicted molar refractivity (Wildman–Crippen MR) is 124 cm³/mol. The molecule has 1 aromatic carbocycles. The summed E-state index contributed by atoms with van der Waals surface area (Å²) in [5.74, 6) is -1.28. The van der Waals surface area contributed by atoms with Crippen LogP contribution in [0.1, 0.15) is 38.7 Å². The second kappa shape index (κ2) is 9.60. The van der Waals surface area contributed by atoms with Crippen molar-refractivity contribution in [3.8, 4) is 11.3 Å². The molecule has 5 aromatic rings. The van der Waals surface area contributed by atoms with E-state index in [4.69, 9.17) is 4.42 Å². The van der Waals surface area contributed by atoms with Crippen molar-refractivity contribution < 1.29 is 27.2 Å². The SMILES string of the molecule is Cn1cc(NC(=O)c2cnn3c(C(F)F)cc(-c4ccc(F)cc4)nc23)c(C(=O)NCc2ccco2)n1. The predicted octanol–water partition coefficient (Wildman–Crippen LogP) is 3.98. The number of nitrogens with one attached hydrogen (secondary N) is 2. The number of carbonyl (C=O) groups excluding carboxylic acids is 2. The van der Waals surface area contributed by atoms with Crippen molar-refractivity contribution in [2.75, 3.05) is 5.32 Å². The molecule has 0 saturated carbocycles. The van der Waals surface area contributed by atoms with E-state index in [2.05, 4.69) is 25.8 Å². The molecule has 4 aromatic heterocycles. The Balaban J connectivity index is 1.46. The lowest BCUT2D eigenvalue weighted by Crippen LogP contribution is -2.25. The number of anilines is 1. The zero-order chi connectivity index (χ0) is 26.1. The fourth-order valence-corrected chi connectivity index (χ4v) is 3.67. The molecule has 0 saturated heterocycles. The number of amides is 2. The maximum Gasteiger partial charge on any atom is 0.280 e. The van der Waals surface area contributed by atoms with Gasteiger partial charge in [-0.05, 0) is 42.5 Å². The first-order chi connectivity index (χ1) is 17.8. The van der Waals surface area contributed by atoms with Crippen molar-refractivity contribution in [2.45, 2.75) is 13.0 Å². The molecule has 0 fully saturated rings. The van der Waals surface area contributed by atoms with Crippen LogP contribution in [0.15, 0.2) is 65.5 Å². The zero-order valence-corrected chi connectivity index (χ0v) is 19.2. The summed E-state index contributed by atoms with van der Waals surface area (Å²) < 4.78 is 48.4. The Kier molecular flexibility index (Phi) is 6.17. The second-order valence-corrected chi connectivity index (χ2v) is 7.95. The Morgan fingerprint density at radius 3 is 2.62 bits per heavy atom. The van der Waals surface area contributed by atoms with Crippen LogP contribution < -0.4 is 10.6 Å². The number of furan rings is 1. The minimum absolute atomic E-state index is 0.0629. The molecule has 188 valence electrons. The summed E-state index contributed by atoms with van der Waals surface area (Å²) in [6, 6.07) is 9.63. The van der Waals surface area contributed by atoms with Gasteiger partial charge in [-0.25, -0.2) is 22.7 Å². The minimum Gasteiger partial charge on any atom is -0.467 e. The number of hydrogen-bond acceptors (Lipinski definition) is 6. The lowest BCUT2D eigenvalue weighted by Gasteiger charge is -2.09. The summed E-state index contributed by atoms with van der Waals surface area (Å²) in [5.41, 5.74) is -0.237.